The second-order valence-corrected chi connectivity index (χ2v) is 5.70. The van der Waals surface area contributed by atoms with Crippen LogP contribution in [0.1, 0.15) is 16.7 Å². The average molecular weight is 298 g/mol. The zero-order chi connectivity index (χ0) is 11.5. The molecule has 0 unspecified atom stereocenters. The number of hydrogen-bond acceptors (Lipinski definition) is 2. The molecule has 2 aromatic rings. The summed E-state index contributed by atoms with van der Waals surface area (Å²) in [5.41, 5.74) is 0.0367. The monoisotopic (exact) mass is 297 g/mol. The van der Waals surface area contributed by atoms with E-state index in [1.165, 1.54) is 9.75 Å². The van der Waals surface area contributed by atoms with Crippen molar-refractivity contribution in [2.24, 2.45) is 0 Å². The third-order valence-corrected chi connectivity index (χ3v) is 4.02. The summed E-state index contributed by atoms with van der Waals surface area (Å²) in [5, 5.41) is 0. The quantitative estimate of drug-likeness (QED) is 0.852. The fraction of sp³-hybridized carbons (Fsp3) is 0.250. The summed E-state index contributed by atoms with van der Waals surface area (Å²) < 4.78 is 2.65. The van der Waals surface area contributed by atoms with E-state index in [1.807, 2.05) is 6.20 Å². The Balaban J connectivity index is 2.26. The van der Waals surface area contributed by atoms with Crippen LogP contribution < -0.4 is 5.56 Å². The van der Waals surface area contributed by atoms with Gasteiger partial charge in [-0.05, 0) is 40.5 Å². The number of nitrogens with zero attached hydrogens (tertiary/aromatic N) is 1. The van der Waals surface area contributed by atoms with E-state index in [4.69, 9.17) is 0 Å². The molecule has 2 aromatic heterocycles. The van der Waals surface area contributed by atoms with Crippen molar-refractivity contribution in [3.05, 3.63) is 55.0 Å². The molecule has 2 nitrogen and oxygen atoms in total. The van der Waals surface area contributed by atoms with Gasteiger partial charge in [0.05, 0.1) is 6.54 Å². The van der Waals surface area contributed by atoms with Gasteiger partial charge in [-0.1, -0.05) is 6.92 Å². The van der Waals surface area contributed by atoms with Gasteiger partial charge in [-0.2, -0.15) is 0 Å². The Kier molecular flexibility index (Phi) is 3.61. The molecular weight excluding hydrogens is 286 g/mol. The minimum atomic E-state index is 0.0367. The molecule has 0 amide bonds. The molecule has 84 valence electrons. The molecule has 0 atom stereocenters. The van der Waals surface area contributed by atoms with Gasteiger partial charge in [0.25, 0.3) is 5.56 Å². The molecule has 0 aromatic carbocycles. The molecule has 0 bridgehead atoms. The molecule has 0 N–H and O–H groups in total. The molecule has 0 saturated heterocycles. The Bertz CT molecular complexity index is 544. The highest BCUT2D eigenvalue weighted by Crippen LogP contribution is 2.18. The molecule has 0 aliphatic heterocycles. The van der Waals surface area contributed by atoms with E-state index >= 15 is 0 Å². The highest BCUT2D eigenvalue weighted by Gasteiger charge is 2.01. The maximum absolute atomic E-state index is 11.6. The molecule has 2 heterocycles. The van der Waals surface area contributed by atoms with E-state index in [0.717, 1.165) is 10.9 Å². The molecular formula is C12H12BrNOS. The van der Waals surface area contributed by atoms with Gasteiger partial charge in [-0.3, -0.25) is 4.79 Å². The van der Waals surface area contributed by atoms with Gasteiger partial charge >= 0.3 is 0 Å². The van der Waals surface area contributed by atoms with Crippen molar-refractivity contribution in [2.75, 3.05) is 0 Å². The number of pyridine rings is 1. The normalized spacial score (nSPS) is 10.6. The van der Waals surface area contributed by atoms with Crippen molar-refractivity contribution in [3.63, 3.8) is 0 Å². The largest absolute Gasteiger partial charge is 0.309 e. The van der Waals surface area contributed by atoms with Crippen LogP contribution in [0.4, 0.5) is 0 Å². The molecule has 0 fully saturated rings. The van der Waals surface area contributed by atoms with Crippen molar-refractivity contribution in [3.8, 4) is 0 Å². The number of hydrogen-bond donors (Lipinski definition) is 0. The van der Waals surface area contributed by atoms with Gasteiger partial charge in [0, 0.05) is 26.5 Å². The lowest BCUT2D eigenvalue weighted by Gasteiger charge is -2.03. The summed E-state index contributed by atoms with van der Waals surface area (Å²) in [4.78, 5) is 14.2. The number of thiophene rings is 1. The van der Waals surface area contributed by atoms with Crippen LogP contribution in [0.2, 0.25) is 0 Å². The molecule has 0 aliphatic rings. The number of rotatable bonds is 3. The van der Waals surface area contributed by atoms with Gasteiger partial charge in [-0.15, -0.1) is 11.3 Å². The molecule has 16 heavy (non-hydrogen) atoms. The first kappa shape index (κ1) is 11.6. The van der Waals surface area contributed by atoms with Crippen LogP contribution in [-0.2, 0) is 13.0 Å². The summed E-state index contributed by atoms with van der Waals surface area (Å²) in [6.45, 7) is 2.80. The van der Waals surface area contributed by atoms with Gasteiger partial charge in [-0.25, -0.2) is 0 Å². The minimum absolute atomic E-state index is 0.0367. The van der Waals surface area contributed by atoms with Crippen molar-refractivity contribution < 1.29 is 0 Å². The molecule has 0 aliphatic carbocycles. The Morgan fingerprint density at radius 2 is 2.00 bits per heavy atom. The van der Waals surface area contributed by atoms with Crippen LogP contribution in [0.5, 0.6) is 0 Å². The highest BCUT2D eigenvalue weighted by molar-refractivity contribution is 9.10. The van der Waals surface area contributed by atoms with E-state index in [1.54, 1.807) is 28.0 Å². The standard InChI is InChI=1S/C12H12BrNOS/c1-2-10-4-5-11(16-10)8-14-7-9(13)3-6-12(14)15/h3-7H,2,8H2,1H3. The lowest BCUT2D eigenvalue weighted by Crippen LogP contribution is -2.18. The Labute approximate surface area is 107 Å². The summed E-state index contributed by atoms with van der Waals surface area (Å²) in [6, 6.07) is 7.57. The number of aromatic nitrogens is 1. The molecule has 0 radical (unpaired) electrons. The Hall–Kier alpha value is -0.870. The second kappa shape index (κ2) is 4.97. The summed E-state index contributed by atoms with van der Waals surface area (Å²) in [6.07, 6.45) is 2.88. The number of halogens is 1. The molecule has 4 heteroatoms. The van der Waals surface area contributed by atoms with Crippen LogP contribution in [0.25, 0.3) is 0 Å². The fourth-order valence-electron chi connectivity index (χ4n) is 1.49. The summed E-state index contributed by atoms with van der Waals surface area (Å²) in [5.74, 6) is 0. The predicted molar refractivity (Wildman–Crippen MR) is 71.2 cm³/mol. The highest BCUT2D eigenvalue weighted by atomic mass is 79.9. The Morgan fingerprint density at radius 3 is 2.69 bits per heavy atom. The van der Waals surface area contributed by atoms with Crippen LogP contribution >= 0.6 is 27.3 Å². The van der Waals surface area contributed by atoms with Crippen molar-refractivity contribution >= 4 is 27.3 Å². The SMILES string of the molecule is CCc1ccc(Cn2cc(Br)ccc2=O)s1. The molecule has 0 saturated carbocycles. The third-order valence-electron chi connectivity index (χ3n) is 2.34. The van der Waals surface area contributed by atoms with Crippen molar-refractivity contribution in [1.82, 2.24) is 4.57 Å². The third kappa shape index (κ3) is 2.62. The van der Waals surface area contributed by atoms with Gasteiger partial charge in [0.15, 0.2) is 0 Å². The van der Waals surface area contributed by atoms with E-state index in [-0.39, 0.29) is 5.56 Å². The minimum Gasteiger partial charge on any atom is -0.309 e. The smallest absolute Gasteiger partial charge is 0.250 e. The van der Waals surface area contributed by atoms with E-state index in [9.17, 15) is 4.79 Å². The van der Waals surface area contributed by atoms with E-state index in [2.05, 4.69) is 35.0 Å². The van der Waals surface area contributed by atoms with E-state index < -0.39 is 0 Å². The maximum Gasteiger partial charge on any atom is 0.250 e. The lowest BCUT2D eigenvalue weighted by atomic mass is 10.3. The van der Waals surface area contributed by atoms with Crippen LogP contribution in [0.3, 0.4) is 0 Å². The first-order valence-electron chi connectivity index (χ1n) is 5.12. The van der Waals surface area contributed by atoms with Crippen LogP contribution in [0, 0.1) is 0 Å². The van der Waals surface area contributed by atoms with E-state index in [0.29, 0.717) is 6.54 Å². The maximum atomic E-state index is 11.6. The second-order valence-electron chi connectivity index (χ2n) is 3.54. The topological polar surface area (TPSA) is 22.0 Å². The van der Waals surface area contributed by atoms with Gasteiger partial charge < -0.3 is 4.57 Å². The first-order valence-corrected chi connectivity index (χ1v) is 6.73. The fourth-order valence-corrected chi connectivity index (χ4v) is 2.83. The van der Waals surface area contributed by atoms with Crippen molar-refractivity contribution in [2.45, 2.75) is 19.9 Å². The average Bonchev–Trinajstić information content (AvgIpc) is 2.71. The lowest BCUT2D eigenvalue weighted by molar-refractivity contribution is 0.766. The Morgan fingerprint density at radius 1 is 1.25 bits per heavy atom. The molecule has 0 spiro atoms. The first-order chi connectivity index (χ1) is 7.69. The predicted octanol–water partition coefficient (Wildman–Crippen LogP) is 3.28. The van der Waals surface area contributed by atoms with Gasteiger partial charge in [0.2, 0.25) is 0 Å². The number of aryl methyl sites for hydroxylation is 1. The summed E-state index contributed by atoms with van der Waals surface area (Å²) in [7, 11) is 0. The van der Waals surface area contributed by atoms with Crippen LogP contribution in [0.15, 0.2) is 39.7 Å². The van der Waals surface area contributed by atoms with Crippen molar-refractivity contribution in [1.29, 1.82) is 0 Å². The molecule has 2 rings (SSSR count). The van der Waals surface area contributed by atoms with Gasteiger partial charge in [0.1, 0.15) is 0 Å². The zero-order valence-corrected chi connectivity index (χ0v) is 11.3. The zero-order valence-electron chi connectivity index (χ0n) is 8.94. The van der Waals surface area contributed by atoms with Crippen LogP contribution in [-0.4, -0.2) is 4.57 Å². The summed E-state index contributed by atoms with van der Waals surface area (Å²) >= 11 is 5.14.